The summed E-state index contributed by atoms with van der Waals surface area (Å²) in [5.41, 5.74) is 18.1. The Kier molecular flexibility index (Phi) is 47.2. The second-order valence-corrected chi connectivity index (χ2v) is 36.4. The molecular weight excluding hydrogens is 1610 g/mol. The van der Waals surface area contributed by atoms with E-state index >= 15 is 0 Å². The molecule has 0 N–H and O–H groups in total. The van der Waals surface area contributed by atoms with Crippen molar-refractivity contribution in [2.45, 2.75) is 307 Å². The van der Waals surface area contributed by atoms with Crippen LogP contribution >= 0.6 is 0 Å². The number of methoxy groups -OCH3 is 4. The first kappa shape index (κ1) is 107. The van der Waals surface area contributed by atoms with Crippen LogP contribution < -0.4 is 37.9 Å². The summed E-state index contributed by atoms with van der Waals surface area (Å²) >= 11 is 0. The Morgan fingerprint density at radius 1 is 0.388 bits per heavy atom. The molecule has 708 valence electrons. The minimum absolute atomic E-state index is 0.0300. The lowest BCUT2D eigenvalue weighted by molar-refractivity contribution is 0.0120. The average Bonchev–Trinajstić information content (AvgIpc) is 0.794. The zero-order valence-electron chi connectivity index (χ0n) is 82.9. The van der Waals surface area contributed by atoms with Crippen LogP contribution in [0.4, 0.5) is 0 Å². The molecule has 0 heterocycles. The molecule has 129 heavy (non-hydrogen) atoms. The quantitative estimate of drug-likeness (QED) is 0.0263. The van der Waals surface area contributed by atoms with Crippen LogP contribution in [0.5, 0.6) is 46.0 Å². The van der Waals surface area contributed by atoms with Gasteiger partial charge in [0, 0.05) is 91.7 Å². The van der Waals surface area contributed by atoms with Crippen LogP contribution in [0.1, 0.15) is 321 Å². The predicted octanol–water partition coefficient (Wildman–Crippen LogP) is 27.7. The van der Waals surface area contributed by atoms with E-state index in [2.05, 4.69) is 206 Å². The minimum Gasteiger partial charge on any atom is -0.490 e. The van der Waals surface area contributed by atoms with Crippen molar-refractivity contribution in [1.82, 2.24) is 0 Å². The van der Waals surface area contributed by atoms with Crippen LogP contribution in [0.15, 0.2) is 152 Å². The van der Waals surface area contributed by atoms with Crippen molar-refractivity contribution < 1.29 is 75.8 Å². The Balaban J connectivity index is 0.000000238. The summed E-state index contributed by atoms with van der Waals surface area (Å²) in [5, 5.41) is 0. The fourth-order valence-corrected chi connectivity index (χ4v) is 15.5. The zero-order valence-corrected chi connectivity index (χ0v) is 82.9. The number of ether oxygens (including phenoxy) is 16. The lowest BCUT2D eigenvalue weighted by atomic mass is 9.82. The fourth-order valence-electron chi connectivity index (χ4n) is 15.5. The van der Waals surface area contributed by atoms with E-state index in [1.807, 2.05) is 82.3 Å². The van der Waals surface area contributed by atoms with Crippen molar-refractivity contribution in [2.24, 2.45) is 0 Å². The van der Waals surface area contributed by atoms with Crippen LogP contribution in [0.25, 0.3) is 6.08 Å². The molecule has 0 saturated heterocycles. The third-order valence-corrected chi connectivity index (χ3v) is 25.0. The molecule has 0 radical (unpaired) electrons. The van der Waals surface area contributed by atoms with Crippen LogP contribution in [-0.4, -0.2) is 107 Å². The first-order valence-corrected chi connectivity index (χ1v) is 47.7. The lowest BCUT2D eigenvalue weighted by Gasteiger charge is -2.27. The summed E-state index contributed by atoms with van der Waals surface area (Å²) in [6, 6.07) is 50.3. The molecule has 8 aromatic carbocycles. The van der Waals surface area contributed by atoms with E-state index in [9.17, 15) is 0 Å². The summed E-state index contributed by atoms with van der Waals surface area (Å²) in [6.07, 6.45) is 24.8. The summed E-state index contributed by atoms with van der Waals surface area (Å²) in [4.78, 5) is 0. The van der Waals surface area contributed by atoms with Crippen LogP contribution in [0.3, 0.4) is 0 Å². The highest BCUT2D eigenvalue weighted by atomic mass is 16.6. The van der Waals surface area contributed by atoms with Gasteiger partial charge in [-0.05, 0) is 245 Å². The molecule has 16 nitrogen and oxygen atoms in total. The number of benzene rings is 8. The summed E-state index contributed by atoms with van der Waals surface area (Å²) in [6.45, 7) is 51.1. The predicted molar refractivity (Wildman–Crippen MR) is 527 cm³/mol. The van der Waals surface area contributed by atoms with E-state index in [1.54, 1.807) is 28.4 Å². The van der Waals surface area contributed by atoms with Crippen LogP contribution in [-0.2, 0) is 93.8 Å². The molecule has 8 aromatic rings. The molecule has 0 bridgehead atoms. The van der Waals surface area contributed by atoms with Gasteiger partial charge in [0.15, 0.2) is 0 Å². The Bertz CT molecular complexity index is 4410. The van der Waals surface area contributed by atoms with Gasteiger partial charge in [-0.25, -0.2) is 0 Å². The number of hydrogen-bond donors (Lipinski definition) is 0. The topological polar surface area (TPSA) is 148 Å². The zero-order chi connectivity index (χ0) is 93.7. The maximum atomic E-state index is 6.53. The SMILES string of the molecule is C#Cc1cc(COC)c(OCCOc2ccc(C(C)(C)CC)cc2)c(COC)c1.C=Cc1cc(COCC)c(OCCOc2ccc(C(C)(C)CC)cc2)c(COCC)c1.CCC(C)c1ccc(OCCOc2c(C(C)OC)cc(C)cc2C(C)OC)cc1.CCC(C)c1ccc(OCCOc2c(COC3CCCCC3)cc(C(C)(C)C)cc2COC2CCCCC2)cc1. The molecule has 0 aliphatic heterocycles. The van der Waals surface area contributed by atoms with Crippen molar-refractivity contribution in [3.8, 4) is 58.3 Å². The molecule has 4 atom stereocenters. The molecule has 0 amide bonds. The van der Waals surface area contributed by atoms with E-state index in [1.165, 1.54) is 66.3 Å². The maximum absolute atomic E-state index is 6.53. The molecule has 10 rings (SSSR count). The Morgan fingerprint density at radius 2 is 0.705 bits per heavy atom. The van der Waals surface area contributed by atoms with Gasteiger partial charge in [-0.2, -0.15) is 0 Å². The van der Waals surface area contributed by atoms with Crippen molar-refractivity contribution in [1.29, 1.82) is 0 Å². The highest BCUT2D eigenvalue weighted by Gasteiger charge is 2.27. The standard InChI is InChI=1S/C36H54O4.C27H38O4.C25H36O4.C25H32O4/c1-6-27(2)28-17-19-34(20-18-28)37-21-22-38-35-29(25-39-32-13-9-7-10-14-32)23-31(36(3,4)5)24-30(35)26-40-33-15-11-8-12-16-33;1-7-21-17-22(19-28-9-3)26(23(18-21)20-29-10-4)31-16-15-30-25-13-11-24(12-14-25)27(5,6)8-2;1-8-18(3)21-9-11-22(12-10-21)28-13-14-29-25-23(19(4)26-6)15-17(2)16-24(25)20(5)27-7;1-7-19-15-20(17-26-5)24(21(16-19)18-27-6)29-14-13-28-23-11-9-22(10-12-23)25(3,4)8-2/h17-20,23-24,27,32-33H,6-16,21-22,25-26H2,1-5H3;7,11-14,17-18H,1,8-10,15-16,19-20H2,2-6H3;9-12,15-16,18-20H,8,13-14H2,1-7H3;1,9-12,15-16H,8,13-14,17-18H2,2-6H3. The monoisotopic (exact) mass is 1770 g/mol. The second kappa shape index (κ2) is 56.8. The van der Waals surface area contributed by atoms with Crippen molar-refractivity contribution in [3.05, 3.63) is 241 Å². The normalized spacial score (nSPS) is 14.1. The van der Waals surface area contributed by atoms with Gasteiger partial charge in [-0.15, -0.1) is 6.42 Å². The number of aryl methyl sites for hydroxylation is 1. The van der Waals surface area contributed by atoms with Crippen LogP contribution in [0, 0.1) is 19.3 Å². The highest BCUT2D eigenvalue weighted by molar-refractivity contribution is 5.56. The molecule has 4 unspecified atom stereocenters. The molecule has 16 heteroatoms. The molecular formula is C113H160O16. The Morgan fingerprint density at radius 3 is 1.00 bits per heavy atom. The number of hydrogen-bond acceptors (Lipinski definition) is 16. The summed E-state index contributed by atoms with van der Waals surface area (Å²) in [5.74, 6) is 10.6. The second-order valence-electron chi connectivity index (χ2n) is 36.4. The Labute approximate surface area is 778 Å². The molecule has 2 aliphatic rings. The lowest BCUT2D eigenvalue weighted by Crippen LogP contribution is -2.20. The van der Waals surface area contributed by atoms with E-state index in [0.717, 1.165) is 159 Å². The first-order chi connectivity index (χ1) is 62.1. The van der Waals surface area contributed by atoms with Gasteiger partial charge in [-0.1, -0.05) is 201 Å². The van der Waals surface area contributed by atoms with E-state index in [4.69, 9.17) is 82.2 Å². The first-order valence-electron chi connectivity index (χ1n) is 47.7. The third kappa shape index (κ3) is 35.3. The largest absolute Gasteiger partial charge is 0.490 e. The van der Waals surface area contributed by atoms with Gasteiger partial charge in [0.1, 0.15) is 98.9 Å². The van der Waals surface area contributed by atoms with E-state index in [-0.39, 0.29) is 28.5 Å². The van der Waals surface area contributed by atoms with Gasteiger partial charge < -0.3 is 75.8 Å². The molecule has 2 fully saturated rings. The van der Waals surface area contributed by atoms with Gasteiger partial charge >= 0.3 is 0 Å². The molecule has 0 spiro atoms. The molecule has 2 aliphatic carbocycles. The number of rotatable bonds is 49. The van der Waals surface area contributed by atoms with Gasteiger partial charge in [0.2, 0.25) is 0 Å². The van der Waals surface area contributed by atoms with Gasteiger partial charge in [0.05, 0.1) is 64.1 Å². The number of terminal acetylenes is 1. The fraction of sp³-hybridized carbons (Fsp3) is 0.540. The van der Waals surface area contributed by atoms with Gasteiger partial charge in [0.25, 0.3) is 0 Å². The van der Waals surface area contributed by atoms with E-state index < -0.39 is 0 Å². The average molecular weight is 1770 g/mol. The smallest absolute Gasteiger partial charge is 0.131 e. The van der Waals surface area contributed by atoms with Gasteiger partial charge in [-0.3, -0.25) is 0 Å². The highest BCUT2D eigenvalue weighted by Crippen LogP contribution is 2.40. The summed E-state index contributed by atoms with van der Waals surface area (Å²) < 4.78 is 94.7. The van der Waals surface area contributed by atoms with Crippen molar-refractivity contribution >= 4 is 6.08 Å². The maximum Gasteiger partial charge on any atom is 0.131 e. The third-order valence-electron chi connectivity index (χ3n) is 25.0. The van der Waals surface area contributed by atoms with Crippen molar-refractivity contribution in [3.63, 3.8) is 0 Å². The minimum atomic E-state index is -0.0678. The molecule has 2 saturated carbocycles. The van der Waals surface area contributed by atoms with Crippen LogP contribution in [0.2, 0.25) is 0 Å². The summed E-state index contributed by atoms with van der Waals surface area (Å²) in [7, 11) is 6.72. The molecule has 0 aromatic heterocycles. The Hall–Kier alpha value is -8.86. The van der Waals surface area contributed by atoms with Crippen molar-refractivity contribution in [2.75, 3.05) is 94.5 Å². The van der Waals surface area contributed by atoms with E-state index in [0.29, 0.717) is 130 Å².